The Morgan fingerprint density at radius 2 is 0.803 bits per heavy atom. The number of rotatable bonds is 19. The lowest BCUT2D eigenvalue weighted by atomic mass is 9.91. The quantitative estimate of drug-likeness (QED) is 0.0567. The molecule has 336 valence electrons. The van der Waals surface area contributed by atoms with Crippen LogP contribution in [0.4, 0.5) is 0 Å². The van der Waals surface area contributed by atoms with Crippen LogP contribution in [0, 0.1) is 16.7 Å². The smallest absolute Gasteiger partial charge is 0.338 e. The normalized spacial score (nSPS) is 11.8. The predicted molar refractivity (Wildman–Crippen MR) is 222 cm³/mol. The molecule has 0 bridgehead atoms. The number of ether oxygens (including phenoxy) is 6. The number of phenolic OH excluding ortho intramolecular Hbond substituents is 3. The fourth-order valence-electron chi connectivity index (χ4n) is 3.97. The first-order valence-corrected chi connectivity index (χ1v) is 19.7. The van der Waals surface area contributed by atoms with Gasteiger partial charge in [-0.1, -0.05) is 27.7 Å². The van der Waals surface area contributed by atoms with Gasteiger partial charge in [0.25, 0.3) is 0 Å². The summed E-state index contributed by atoms with van der Waals surface area (Å²) in [4.78, 5) is 69.6. The molecule has 0 aliphatic carbocycles. The number of carbonyl (C=O) groups is 6. The zero-order valence-electron chi connectivity index (χ0n) is 36.1. The lowest BCUT2D eigenvalue weighted by Crippen LogP contribution is -2.31. The van der Waals surface area contributed by atoms with Crippen molar-refractivity contribution in [3.05, 3.63) is 89.5 Å². The summed E-state index contributed by atoms with van der Waals surface area (Å²) in [7, 11) is 0. The van der Waals surface area contributed by atoms with E-state index in [1.54, 1.807) is 34.6 Å². The van der Waals surface area contributed by atoms with Crippen molar-refractivity contribution < 1.29 is 77.6 Å². The van der Waals surface area contributed by atoms with Crippen LogP contribution in [0.2, 0.25) is 0 Å². The highest BCUT2D eigenvalue weighted by Gasteiger charge is 2.28. The van der Waals surface area contributed by atoms with Crippen molar-refractivity contribution in [2.75, 3.05) is 39.6 Å². The Morgan fingerprint density at radius 3 is 1.16 bits per heavy atom. The largest absolute Gasteiger partial charge is 0.508 e. The summed E-state index contributed by atoms with van der Waals surface area (Å²) in [5, 5.41) is 37.0. The Bertz CT molecular complexity index is 1820. The first-order chi connectivity index (χ1) is 28.7. The molecule has 0 heterocycles. The second-order valence-corrected chi connectivity index (χ2v) is 14.9. The molecule has 2 unspecified atom stereocenters. The first-order valence-electron chi connectivity index (χ1n) is 19.7. The number of hydrogen-bond donors (Lipinski definition) is 4. The number of aromatic hydroxyl groups is 3. The summed E-state index contributed by atoms with van der Waals surface area (Å²) in [6.07, 6.45) is 0.931. The highest BCUT2D eigenvalue weighted by Crippen LogP contribution is 2.22. The van der Waals surface area contributed by atoms with E-state index >= 15 is 0 Å². The molecule has 3 aromatic carbocycles. The lowest BCUT2D eigenvalue weighted by molar-refractivity contribution is -0.158. The van der Waals surface area contributed by atoms with E-state index in [1.165, 1.54) is 72.8 Å². The van der Waals surface area contributed by atoms with Gasteiger partial charge >= 0.3 is 35.8 Å². The van der Waals surface area contributed by atoms with Crippen molar-refractivity contribution >= 4 is 35.8 Å². The average molecular weight is 857 g/mol. The van der Waals surface area contributed by atoms with Gasteiger partial charge < -0.3 is 48.8 Å². The van der Waals surface area contributed by atoms with E-state index in [4.69, 9.17) is 43.7 Å². The van der Waals surface area contributed by atoms with Gasteiger partial charge in [0.05, 0.1) is 33.4 Å². The number of phenols is 3. The zero-order chi connectivity index (χ0) is 46.2. The van der Waals surface area contributed by atoms with E-state index < -0.39 is 40.8 Å². The number of carbonyl (C=O) groups excluding carboxylic acids is 6. The maximum atomic E-state index is 11.7. The van der Waals surface area contributed by atoms with Gasteiger partial charge in [-0.05, 0) is 120 Å². The molecule has 2 atom stereocenters. The fraction of sp³-hybridized carbons (Fsp3) is 0.467. The van der Waals surface area contributed by atoms with Gasteiger partial charge in [-0.3, -0.25) is 14.4 Å². The molecule has 4 N–H and O–H groups in total. The van der Waals surface area contributed by atoms with E-state index in [2.05, 4.69) is 0 Å². The molecule has 16 nitrogen and oxygen atoms in total. The van der Waals surface area contributed by atoms with Crippen molar-refractivity contribution in [3.8, 4) is 17.2 Å². The summed E-state index contributed by atoms with van der Waals surface area (Å²) in [5.74, 6) is -2.59. The minimum Gasteiger partial charge on any atom is -0.508 e. The Hall–Kier alpha value is -6.16. The van der Waals surface area contributed by atoms with Gasteiger partial charge in [0, 0.05) is 0 Å². The maximum absolute atomic E-state index is 11.7. The molecule has 0 aromatic heterocycles. The third-order valence-corrected chi connectivity index (χ3v) is 9.12. The minimum atomic E-state index is -1.09. The zero-order valence-corrected chi connectivity index (χ0v) is 36.1. The molecule has 0 amide bonds. The predicted octanol–water partition coefficient (Wildman–Crippen LogP) is 6.56. The lowest BCUT2D eigenvalue weighted by Gasteiger charge is -2.21. The van der Waals surface area contributed by atoms with Crippen molar-refractivity contribution in [1.29, 1.82) is 0 Å². The molecule has 3 aromatic rings. The van der Waals surface area contributed by atoms with Crippen molar-refractivity contribution in [2.45, 2.75) is 80.8 Å². The average Bonchev–Trinajstić information content (AvgIpc) is 3.25. The molecule has 3 rings (SSSR count). The molecular formula is C45H60O16. The highest BCUT2D eigenvalue weighted by atomic mass is 16.6. The van der Waals surface area contributed by atoms with Crippen LogP contribution >= 0.6 is 0 Å². The number of hydrogen-bond acceptors (Lipinski definition) is 16. The molecular weight excluding hydrogens is 796 g/mol. The second-order valence-electron chi connectivity index (χ2n) is 14.9. The van der Waals surface area contributed by atoms with Crippen LogP contribution < -0.4 is 0 Å². The van der Waals surface area contributed by atoms with Crippen LogP contribution in [-0.4, -0.2) is 102 Å². The van der Waals surface area contributed by atoms with Gasteiger partial charge in [0.1, 0.15) is 63.0 Å². The summed E-state index contributed by atoms with van der Waals surface area (Å²) < 4.78 is 29.8. The Labute approximate surface area is 356 Å². The SMILES string of the molecule is CCC(C)(C)C(=O)OCC(O)COC(=O)c1ccc(O)cc1.CCC(C)(C)C(=O)OCCOC(=O)c1ccc(O)cc1.CCC(C)C(=O)OCCOC(=O)c1ccc(O)cc1. The van der Waals surface area contributed by atoms with E-state index in [0.717, 1.165) is 0 Å². The Morgan fingerprint density at radius 1 is 0.492 bits per heavy atom. The van der Waals surface area contributed by atoms with Crippen LogP contribution in [0.3, 0.4) is 0 Å². The standard InChI is InChI=1S/C16H22O6.C15H20O5.C14H18O5/c1-4-16(2,3)15(20)22-10-13(18)9-21-14(19)11-5-7-12(17)8-6-11;1-4-15(2,3)14(18)20-10-9-19-13(17)11-5-7-12(16)8-6-11;1-3-10(2)13(16)18-8-9-19-14(17)11-4-6-12(15)7-5-11/h5-8,13,17-18H,4,9-10H2,1-3H3;5-8,16H,4,9-10H2,1-3H3;4-7,10,15H,3,8-9H2,1-2H3. The van der Waals surface area contributed by atoms with E-state index in [0.29, 0.717) is 30.4 Å². The van der Waals surface area contributed by atoms with Gasteiger partial charge in [-0.15, -0.1) is 0 Å². The van der Waals surface area contributed by atoms with Gasteiger partial charge in [-0.25, -0.2) is 14.4 Å². The summed E-state index contributed by atoms with van der Waals surface area (Å²) >= 11 is 0. The highest BCUT2D eigenvalue weighted by molar-refractivity contribution is 5.90. The molecule has 0 radical (unpaired) electrons. The van der Waals surface area contributed by atoms with Crippen molar-refractivity contribution in [1.82, 2.24) is 0 Å². The van der Waals surface area contributed by atoms with Crippen molar-refractivity contribution in [3.63, 3.8) is 0 Å². The monoisotopic (exact) mass is 856 g/mol. The molecule has 0 saturated carbocycles. The summed E-state index contributed by atoms with van der Waals surface area (Å²) in [5.41, 5.74) is -0.202. The van der Waals surface area contributed by atoms with Gasteiger partial charge in [-0.2, -0.15) is 0 Å². The Balaban J connectivity index is 0.000000459. The van der Waals surface area contributed by atoms with Crippen LogP contribution in [0.15, 0.2) is 72.8 Å². The summed E-state index contributed by atoms with van der Waals surface area (Å²) in [6, 6.07) is 17.0. The van der Waals surface area contributed by atoms with Gasteiger partial charge in [0.2, 0.25) is 0 Å². The van der Waals surface area contributed by atoms with Crippen LogP contribution in [0.25, 0.3) is 0 Å². The van der Waals surface area contributed by atoms with Gasteiger partial charge in [0.15, 0.2) is 0 Å². The molecule has 16 heteroatoms. The topological polar surface area (TPSA) is 239 Å². The maximum Gasteiger partial charge on any atom is 0.338 e. The molecule has 0 saturated heterocycles. The van der Waals surface area contributed by atoms with Crippen LogP contribution in [0.5, 0.6) is 17.2 Å². The van der Waals surface area contributed by atoms with Crippen LogP contribution in [0.1, 0.15) is 106 Å². The second kappa shape index (κ2) is 26.8. The van der Waals surface area contributed by atoms with E-state index in [-0.39, 0.29) is 80.3 Å². The molecule has 0 aliphatic rings. The first kappa shape index (κ1) is 52.9. The van der Waals surface area contributed by atoms with E-state index in [9.17, 15) is 33.9 Å². The number of aliphatic hydroxyl groups is 1. The number of benzene rings is 3. The number of aliphatic hydroxyl groups excluding tert-OH is 1. The van der Waals surface area contributed by atoms with Crippen molar-refractivity contribution in [2.24, 2.45) is 16.7 Å². The molecule has 61 heavy (non-hydrogen) atoms. The van der Waals surface area contributed by atoms with Crippen LogP contribution in [-0.2, 0) is 42.8 Å². The fourth-order valence-corrected chi connectivity index (χ4v) is 3.97. The third kappa shape index (κ3) is 20.6. The molecule has 0 aliphatic heterocycles. The summed E-state index contributed by atoms with van der Waals surface area (Å²) in [6.45, 7) is 14.2. The third-order valence-electron chi connectivity index (χ3n) is 9.12. The van der Waals surface area contributed by atoms with E-state index in [1.807, 2.05) is 20.8 Å². The minimum absolute atomic E-state index is 0.00520. The Kier molecular flexibility index (Phi) is 23.3. The molecule has 0 spiro atoms. The number of esters is 6. The molecule has 0 fully saturated rings.